The van der Waals surface area contributed by atoms with Crippen LogP contribution < -0.4 is 13.7 Å². The molecule has 6 heteroatoms. The van der Waals surface area contributed by atoms with E-state index in [4.69, 9.17) is 4.74 Å². The van der Waals surface area contributed by atoms with E-state index in [1.165, 1.54) is 0 Å². The van der Waals surface area contributed by atoms with Gasteiger partial charge in [-0.05, 0) is 0 Å². The van der Waals surface area contributed by atoms with E-state index in [0.717, 1.165) is 6.54 Å². The van der Waals surface area contributed by atoms with Gasteiger partial charge in [-0.3, -0.25) is 0 Å². The predicted molar refractivity (Wildman–Crippen MR) is 23.7 cm³/mol. The van der Waals surface area contributed by atoms with Gasteiger partial charge >= 0.3 is 14.8 Å². The summed E-state index contributed by atoms with van der Waals surface area (Å²) in [6, 6.07) is 0. The lowest BCUT2D eigenvalue weighted by Gasteiger charge is -2.17. The molecular weight excluding hydrogens is 206 g/mol. The van der Waals surface area contributed by atoms with Crippen molar-refractivity contribution in [2.75, 3.05) is 19.7 Å². The molecule has 5 nitrogen and oxygen atoms in total. The summed E-state index contributed by atoms with van der Waals surface area (Å²) in [6.45, 7) is 1.69. The van der Waals surface area contributed by atoms with Crippen molar-refractivity contribution >= 4 is 0 Å². The fraction of sp³-hybridized carbons (Fsp3) is 1.00. The molecule has 0 spiro atoms. The lowest BCUT2D eigenvalue weighted by molar-refractivity contribution is -1.63. The van der Waals surface area contributed by atoms with Crippen LogP contribution in [0.4, 0.5) is 0 Å². The molecule has 1 aliphatic heterocycles. The summed E-state index contributed by atoms with van der Waals surface area (Å²) in [5, 5.41) is 2.93. The third-order valence-electron chi connectivity index (χ3n) is 1.07. The van der Waals surface area contributed by atoms with Gasteiger partial charge in [0, 0.05) is 10.4 Å². The zero-order valence-electron chi connectivity index (χ0n) is 5.21. The number of rotatable bonds is 2. The lowest BCUT2D eigenvalue weighted by Crippen LogP contribution is -2.46. The minimum Gasteiger partial charge on any atom is -0.372 e. The summed E-state index contributed by atoms with van der Waals surface area (Å²) in [5.74, 6) is 0. The Hall–Kier alpha value is 0.280. The quantitative estimate of drug-likeness (QED) is 0.531. The minimum atomic E-state index is -3.12. The van der Waals surface area contributed by atoms with Crippen molar-refractivity contribution in [1.29, 1.82) is 0 Å². The molecule has 1 heterocycles. The van der Waals surface area contributed by atoms with Crippen LogP contribution in [0.1, 0.15) is 0 Å². The molecule has 1 aliphatic rings. The Bertz CT molecular complexity index is 95.3. The summed E-state index contributed by atoms with van der Waals surface area (Å²) >= 11 is -3.12. The van der Waals surface area contributed by atoms with E-state index in [0.29, 0.717) is 13.2 Å². The van der Waals surface area contributed by atoms with E-state index in [9.17, 15) is 8.40 Å². The Morgan fingerprint density at radius 1 is 1.60 bits per heavy atom. The van der Waals surface area contributed by atoms with E-state index in [-0.39, 0.29) is 0 Å². The van der Waals surface area contributed by atoms with Gasteiger partial charge in [-0.1, -0.05) is 0 Å². The highest BCUT2D eigenvalue weighted by Crippen LogP contribution is 1.98. The number of hydrogen-bond donors (Lipinski definition) is 1. The maximum Gasteiger partial charge on any atom is 0.440 e. The van der Waals surface area contributed by atoms with Crippen LogP contribution in [0.3, 0.4) is 0 Å². The van der Waals surface area contributed by atoms with Crippen molar-refractivity contribution in [3.63, 3.8) is 0 Å². The van der Waals surface area contributed by atoms with Crippen molar-refractivity contribution in [3.8, 4) is 0 Å². The van der Waals surface area contributed by atoms with Crippen LogP contribution in [0.2, 0.25) is 0 Å². The Morgan fingerprint density at radius 3 is 2.90 bits per heavy atom. The highest BCUT2D eigenvalue weighted by molar-refractivity contribution is 4.55. The molecular formula is C4H8BrNO4. The predicted octanol–water partition coefficient (Wildman–Crippen LogP) is -2.96. The van der Waals surface area contributed by atoms with Crippen LogP contribution in [-0.2, 0) is 8.57 Å². The topological polar surface area (TPSA) is 76.6 Å². The first-order chi connectivity index (χ1) is 4.79. The summed E-state index contributed by atoms with van der Waals surface area (Å²) in [7, 11) is 0. The van der Waals surface area contributed by atoms with Gasteiger partial charge in [-0.15, -0.1) is 0 Å². The van der Waals surface area contributed by atoms with E-state index < -0.39 is 21.1 Å². The normalized spacial score (nSPS) is 27.3. The van der Waals surface area contributed by atoms with Gasteiger partial charge in [0.15, 0.2) is 0 Å². The number of hydrogen-bond acceptors (Lipinski definition) is 5. The molecule has 0 aromatic rings. The van der Waals surface area contributed by atoms with Gasteiger partial charge in [0.05, 0.1) is 13.2 Å². The van der Waals surface area contributed by atoms with Crippen molar-refractivity contribution < 1.29 is 31.8 Å². The monoisotopic (exact) mass is 213 g/mol. The van der Waals surface area contributed by atoms with E-state index in [1.54, 1.807) is 0 Å². The molecule has 0 bridgehead atoms. The van der Waals surface area contributed by atoms with Gasteiger partial charge < -0.3 is 18.4 Å². The molecule has 0 amide bonds. The highest BCUT2D eigenvalue weighted by Gasteiger charge is 2.25. The fourth-order valence-corrected chi connectivity index (χ4v) is 1.26. The molecule has 0 aromatic heterocycles. The first-order valence-electron chi connectivity index (χ1n) is 2.84. The molecule has 1 atom stereocenters. The zero-order valence-corrected chi connectivity index (χ0v) is 6.80. The molecule has 0 aliphatic carbocycles. The standard InChI is InChI=1S/C4H8BrNO4/c7-5(8)10-4-3-6-1-2-9-4/h4,6H,1-3H2. The zero-order chi connectivity index (χ0) is 7.40. The smallest absolute Gasteiger partial charge is 0.372 e. The molecule has 10 heavy (non-hydrogen) atoms. The van der Waals surface area contributed by atoms with E-state index >= 15 is 0 Å². The molecule has 1 saturated heterocycles. The van der Waals surface area contributed by atoms with Crippen molar-refractivity contribution in [2.45, 2.75) is 6.29 Å². The second-order valence-electron chi connectivity index (χ2n) is 1.78. The van der Waals surface area contributed by atoms with E-state index in [1.807, 2.05) is 0 Å². The summed E-state index contributed by atoms with van der Waals surface area (Å²) < 4.78 is 29.4. The second-order valence-corrected chi connectivity index (χ2v) is 2.95. The number of ether oxygens (including phenoxy) is 1. The van der Waals surface area contributed by atoms with E-state index in [2.05, 4.69) is 9.15 Å². The fourth-order valence-electron chi connectivity index (χ4n) is 0.680. The number of halogens is 1. The average Bonchev–Trinajstić information content (AvgIpc) is 1.88. The van der Waals surface area contributed by atoms with Gasteiger partial charge in [0.1, 0.15) is 0 Å². The Morgan fingerprint density at radius 2 is 2.40 bits per heavy atom. The van der Waals surface area contributed by atoms with Crippen LogP contribution in [0.25, 0.3) is 0 Å². The van der Waals surface area contributed by atoms with Crippen LogP contribution in [0.5, 0.6) is 0 Å². The third kappa shape index (κ3) is 2.91. The maximum atomic E-state index is 10.0. The second kappa shape index (κ2) is 4.22. The summed E-state index contributed by atoms with van der Waals surface area (Å²) in [6.07, 6.45) is -0.612. The van der Waals surface area contributed by atoms with Crippen molar-refractivity contribution in [3.05, 3.63) is 0 Å². The molecule has 0 radical (unpaired) electrons. The lowest BCUT2D eigenvalue weighted by atomic mass is 10.5. The number of nitrogens with one attached hydrogen (secondary N) is 1. The molecule has 1 rings (SSSR count). The SMILES string of the molecule is [O-][Br+2]([O-])OC1CNCCO1. The summed E-state index contributed by atoms with van der Waals surface area (Å²) in [4.78, 5) is 0. The average molecular weight is 214 g/mol. The Labute approximate surface area is 63.8 Å². The van der Waals surface area contributed by atoms with Gasteiger partial charge in [0.2, 0.25) is 0 Å². The number of morpholine rings is 1. The van der Waals surface area contributed by atoms with Gasteiger partial charge in [-0.2, -0.15) is 0 Å². The van der Waals surface area contributed by atoms with Gasteiger partial charge in [0.25, 0.3) is 6.29 Å². The van der Waals surface area contributed by atoms with Crippen molar-refractivity contribution in [2.24, 2.45) is 0 Å². The maximum absolute atomic E-state index is 10.0. The Kier molecular flexibility index (Phi) is 3.53. The highest BCUT2D eigenvalue weighted by atomic mass is 80.0. The molecule has 1 fully saturated rings. The molecule has 0 saturated carbocycles. The first kappa shape index (κ1) is 8.38. The van der Waals surface area contributed by atoms with Crippen LogP contribution >= 0.6 is 0 Å². The third-order valence-corrected chi connectivity index (χ3v) is 1.79. The van der Waals surface area contributed by atoms with Crippen LogP contribution in [0.15, 0.2) is 0 Å². The molecule has 1 N–H and O–H groups in total. The van der Waals surface area contributed by atoms with Gasteiger partial charge in [-0.25, -0.2) is 0 Å². The first-order valence-corrected chi connectivity index (χ1v) is 4.78. The minimum absolute atomic E-state index is 0.444. The summed E-state index contributed by atoms with van der Waals surface area (Å²) in [5.41, 5.74) is 0. The Balaban J connectivity index is 2.13. The van der Waals surface area contributed by atoms with Crippen LogP contribution in [0, 0.1) is 14.8 Å². The molecule has 1 unspecified atom stereocenters. The van der Waals surface area contributed by atoms with Crippen LogP contribution in [-0.4, -0.2) is 26.0 Å². The molecule has 0 aromatic carbocycles. The largest absolute Gasteiger partial charge is 0.440 e. The van der Waals surface area contributed by atoms with Crippen molar-refractivity contribution in [1.82, 2.24) is 5.32 Å². The molecule has 60 valence electrons.